The van der Waals surface area contributed by atoms with E-state index in [9.17, 15) is 9.90 Å². The highest BCUT2D eigenvalue weighted by Crippen LogP contribution is 2.31. The molecule has 0 radical (unpaired) electrons. The second-order valence-electron chi connectivity index (χ2n) is 6.07. The van der Waals surface area contributed by atoms with Gasteiger partial charge in [0.25, 0.3) is 0 Å². The van der Waals surface area contributed by atoms with E-state index >= 15 is 0 Å². The minimum Gasteiger partial charge on any atom is -0.396 e. The van der Waals surface area contributed by atoms with E-state index in [2.05, 4.69) is 15.6 Å². The molecular weight excluding hydrogens is 298 g/mol. The number of carbonyl (C=O) groups is 1. The molecule has 1 aliphatic rings. The molecule has 2 aromatic heterocycles. The number of anilines is 1. The number of aliphatic hydroxyl groups excluding tert-OH is 1. The van der Waals surface area contributed by atoms with Crippen LogP contribution in [0.4, 0.5) is 5.88 Å². The molecule has 0 spiro atoms. The summed E-state index contributed by atoms with van der Waals surface area (Å²) in [5.74, 6) is 0.507. The zero-order valence-corrected chi connectivity index (χ0v) is 13.3. The molecule has 23 heavy (non-hydrogen) atoms. The lowest BCUT2D eigenvalue weighted by atomic mass is 9.92. The average Bonchev–Trinajstić information content (AvgIpc) is 3.19. The molecule has 3 rings (SSSR count). The Morgan fingerprint density at radius 3 is 2.96 bits per heavy atom. The minimum atomic E-state index is -0.148. The van der Waals surface area contributed by atoms with Crippen molar-refractivity contribution in [3.63, 3.8) is 0 Å². The molecule has 0 aromatic carbocycles. The quantitative estimate of drug-likeness (QED) is 0.826. The molecule has 0 bridgehead atoms. The van der Waals surface area contributed by atoms with Crippen molar-refractivity contribution >= 4 is 11.8 Å². The van der Waals surface area contributed by atoms with Crippen molar-refractivity contribution in [1.82, 2.24) is 19.8 Å². The van der Waals surface area contributed by atoms with Gasteiger partial charge in [-0.15, -0.1) is 0 Å². The van der Waals surface area contributed by atoms with Crippen LogP contribution in [0, 0.1) is 12.8 Å². The van der Waals surface area contributed by atoms with Gasteiger partial charge in [0.15, 0.2) is 0 Å². The van der Waals surface area contributed by atoms with Gasteiger partial charge < -0.3 is 9.63 Å². The first kappa shape index (κ1) is 15.7. The zero-order chi connectivity index (χ0) is 16.4. The van der Waals surface area contributed by atoms with Gasteiger partial charge in [-0.2, -0.15) is 5.10 Å². The Labute approximate surface area is 134 Å². The van der Waals surface area contributed by atoms with Crippen LogP contribution in [0.3, 0.4) is 0 Å². The molecule has 124 valence electrons. The maximum Gasteiger partial charge on any atom is 0.240 e. The Kier molecular flexibility index (Phi) is 4.44. The van der Waals surface area contributed by atoms with Crippen molar-refractivity contribution in [3.8, 4) is 0 Å². The number of amides is 1. The number of aromatic nitrogens is 3. The van der Waals surface area contributed by atoms with Gasteiger partial charge in [0.1, 0.15) is 0 Å². The summed E-state index contributed by atoms with van der Waals surface area (Å²) in [4.78, 5) is 14.1. The second kappa shape index (κ2) is 6.51. The monoisotopic (exact) mass is 319 g/mol. The summed E-state index contributed by atoms with van der Waals surface area (Å²) < 4.78 is 6.74. The molecule has 1 fully saturated rings. The number of nitrogens with one attached hydrogen (secondary N) is 1. The smallest absolute Gasteiger partial charge is 0.240 e. The fraction of sp³-hybridized carbons (Fsp3) is 0.533. The van der Waals surface area contributed by atoms with Gasteiger partial charge in [0.2, 0.25) is 11.8 Å². The van der Waals surface area contributed by atoms with Crippen molar-refractivity contribution in [3.05, 3.63) is 29.7 Å². The van der Waals surface area contributed by atoms with Crippen molar-refractivity contribution in [1.29, 1.82) is 0 Å². The van der Waals surface area contributed by atoms with Crippen LogP contribution >= 0.6 is 0 Å². The number of carbonyl (C=O) groups excluding carboxylic acids is 1. The Bertz CT molecular complexity index is 680. The molecule has 2 N–H and O–H groups in total. The predicted octanol–water partition coefficient (Wildman–Crippen LogP) is 0.363. The molecule has 0 unspecified atom stereocenters. The van der Waals surface area contributed by atoms with Crippen LogP contribution in [0.15, 0.2) is 23.0 Å². The highest BCUT2D eigenvalue weighted by Gasteiger charge is 2.34. The third kappa shape index (κ3) is 3.59. The highest BCUT2D eigenvalue weighted by molar-refractivity contribution is 5.91. The van der Waals surface area contributed by atoms with Gasteiger partial charge in [-0.25, -0.2) is 0 Å². The van der Waals surface area contributed by atoms with Gasteiger partial charge in [0.05, 0.1) is 18.4 Å². The van der Waals surface area contributed by atoms with Crippen LogP contribution < -0.4 is 5.32 Å². The first-order chi connectivity index (χ1) is 11.0. The van der Waals surface area contributed by atoms with Crippen molar-refractivity contribution in [2.75, 3.05) is 31.6 Å². The number of hydrogen-bond acceptors (Lipinski definition) is 6. The number of rotatable bonds is 5. The highest BCUT2D eigenvalue weighted by atomic mass is 16.5. The summed E-state index contributed by atoms with van der Waals surface area (Å²) in [6, 6.07) is 1.68. The van der Waals surface area contributed by atoms with Crippen LogP contribution in [-0.2, 0) is 11.8 Å². The molecule has 0 saturated carbocycles. The van der Waals surface area contributed by atoms with Crippen molar-refractivity contribution in [2.45, 2.75) is 12.8 Å². The van der Waals surface area contributed by atoms with E-state index in [0.29, 0.717) is 12.4 Å². The molecule has 1 saturated heterocycles. The van der Waals surface area contributed by atoms with Crippen LogP contribution in [0.2, 0.25) is 0 Å². The van der Waals surface area contributed by atoms with E-state index in [1.165, 1.54) is 0 Å². The van der Waals surface area contributed by atoms with E-state index in [4.69, 9.17) is 4.52 Å². The first-order valence-electron chi connectivity index (χ1n) is 7.60. The molecule has 1 amide bonds. The van der Waals surface area contributed by atoms with Crippen LogP contribution in [-0.4, -0.2) is 57.1 Å². The molecule has 3 heterocycles. The average molecular weight is 319 g/mol. The Morgan fingerprint density at radius 1 is 1.52 bits per heavy atom. The summed E-state index contributed by atoms with van der Waals surface area (Å²) in [6.45, 7) is 3.55. The van der Waals surface area contributed by atoms with Crippen LogP contribution in [0.1, 0.15) is 17.2 Å². The third-order valence-corrected chi connectivity index (χ3v) is 4.16. The van der Waals surface area contributed by atoms with Gasteiger partial charge in [-0.05, 0) is 12.5 Å². The molecular formula is C15H21N5O3. The standard InChI is InChI=1S/C15H21N5O3/c1-10-3-15(23-18-10)17-14(22)8-20-6-12(9-21)13(7-20)11-4-16-19(2)5-11/h3-5,12-13,21H,6-9H2,1-2H3,(H,17,22)/t12-,13-/m0/s1. The Morgan fingerprint density at radius 2 is 2.35 bits per heavy atom. The summed E-state index contributed by atoms with van der Waals surface area (Å²) >= 11 is 0. The lowest BCUT2D eigenvalue weighted by Gasteiger charge is -2.14. The zero-order valence-electron chi connectivity index (χ0n) is 13.3. The maximum absolute atomic E-state index is 12.1. The van der Waals surface area contributed by atoms with E-state index in [1.807, 2.05) is 24.3 Å². The number of nitrogens with zero attached hydrogens (tertiary/aromatic N) is 4. The summed E-state index contributed by atoms with van der Waals surface area (Å²) in [7, 11) is 1.87. The lowest BCUT2D eigenvalue weighted by Crippen LogP contribution is -2.31. The number of hydrogen-bond donors (Lipinski definition) is 2. The van der Waals surface area contributed by atoms with Gasteiger partial charge in [-0.3, -0.25) is 19.7 Å². The molecule has 2 atom stereocenters. The topological polar surface area (TPSA) is 96.4 Å². The normalized spacial score (nSPS) is 21.7. The van der Waals surface area contributed by atoms with Crippen molar-refractivity contribution < 1.29 is 14.4 Å². The fourth-order valence-corrected chi connectivity index (χ4v) is 3.09. The molecule has 8 nitrogen and oxygen atoms in total. The third-order valence-electron chi connectivity index (χ3n) is 4.16. The summed E-state index contributed by atoms with van der Waals surface area (Å²) in [5, 5.41) is 20.2. The number of aliphatic hydroxyl groups is 1. The van der Waals surface area contributed by atoms with E-state index < -0.39 is 0 Å². The van der Waals surface area contributed by atoms with E-state index in [0.717, 1.165) is 17.8 Å². The Hall–Kier alpha value is -2.19. The largest absolute Gasteiger partial charge is 0.396 e. The van der Waals surface area contributed by atoms with Gasteiger partial charge >= 0.3 is 0 Å². The SMILES string of the molecule is Cc1cc(NC(=O)CN2C[C@@H](CO)[C@H](c3cnn(C)c3)C2)on1. The summed E-state index contributed by atoms with van der Waals surface area (Å²) in [6.07, 6.45) is 3.79. The fourth-order valence-electron chi connectivity index (χ4n) is 3.09. The number of likely N-dealkylation sites (tertiary alicyclic amines) is 1. The van der Waals surface area contributed by atoms with Crippen LogP contribution in [0.5, 0.6) is 0 Å². The Balaban J connectivity index is 1.59. The van der Waals surface area contributed by atoms with E-state index in [1.54, 1.807) is 17.7 Å². The molecule has 1 aliphatic heterocycles. The molecule has 0 aliphatic carbocycles. The van der Waals surface area contributed by atoms with Gasteiger partial charge in [-0.1, -0.05) is 5.16 Å². The first-order valence-corrected chi connectivity index (χ1v) is 7.60. The second-order valence-corrected chi connectivity index (χ2v) is 6.07. The van der Waals surface area contributed by atoms with Crippen molar-refractivity contribution in [2.24, 2.45) is 13.0 Å². The summed E-state index contributed by atoms with van der Waals surface area (Å²) in [5.41, 5.74) is 1.82. The molecule has 2 aromatic rings. The molecule has 8 heteroatoms. The predicted molar refractivity (Wildman–Crippen MR) is 82.8 cm³/mol. The number of aryl methyl sites for hydroxylation is 2. The lowest BCUT2D eigenvalue weighted by molar-refractivity contribution is -0.117. The maximum atomic E-state index is 12.1. The van der Waals surface area contributed by atoms with Crippen LogP contribution in [0.25, 0.3) is 0 Å². The minimum absolute atomic E-state index is 0.0962. The van der Waals surface area contributed by atoms with E-state index in [-0.39, 0.29) is 30.9 Å². The van der Waals surface area contributed by atoms with Gasteiger partial charge in [0, 0.05) is 50.8 Å².